The van der Waals surface area contributed by atoms with Crippen molar-refractivity contribution >= 4 is 23.3 Å². The van der Waals surface area contributed by atoms with Crippen molar-refractivity contribution < 1.29 is 9.53 Å². The largest absolute Gasteiger partial charge is 0.474 e. The number of aryl methyl sites for hydroxylation is 1. The highest BCUT2D eigenvalue weighted by Crippen LogP contribution is 2.19. The molecule has 1 aromatic carbocycles. The molecule has 0 atom stereocenters. The summed E-state index contributed by atoms with van der Waals surface area (Å²) < 4.78 is 5.87. The summed E-state index contributed by atoms with van der Waals surface area (Å²) in [7, 11) is 0. The summed E-state index contributed by atoms with van der Waals surface area (Å²) in [6, 6.07) is 8.73. The number of carbonyl (C=O) groups excluding carboxylic acids is 1. The number of rotatable bonds is 3. The second-order valence-electron chi connectivity index (χ2n) is 5.68. The maximum Gasteiger partial charge on any atom is 0.321 e. The van der Waals surface area contributed by atoms with Crippen LogP contribution in [0.25, 0.3) is 0 Å². The van der Waals surface area contributed by atoms with Crippen LogP contribution in [-0.4, -0.2) is 40.1 Å². The maximum atomic E-state index is 12.3. The van der Waals surface area contributed by atoms with Gasteiger partial charge < -0.3 is 15.0 Å². The number of aromatic nitrogens is 2. The Labute approximate surface area is 145 Å². The molecular weight excluding hydrogens is 328 g/mol. The van der Waals surface area contributed by atoms with Gasteiger partial charge in [-0.1, -0.05) is 11.6 Å². The van der Waals surface area contributed by atoms with Crippen molar-refractivity contribution in [1.82, 2.24) is 14.9 Å². The molecule has 1 N–H and O–H groups in total. The van der Waals surface area contributed by atoms with Crippen molar-refractivity contribution in [3.63, 3.8) is 0 Å². The average molecular weight is 347 g/mol. The molecule has 6 nitrogen and oxygen atoms in total. The number of urea groups is 1. The molecule has 0 saturated carbocycles. The van der Waals surface area contributed by atoms with Crippen LogP contribution in [0.1, 0.15) is 18.7 Å². The number of hydrogen-bond acceptors (Lipinski definition) is 4. The number of carbonyl (C=O) groups is 1. The Morgan fingerprint density at radius 3 is 2.62 bits per heavy atom. The van der Waals surface area contributed by atoms with Crippen molar-refractivity contribution in [1.29, 1.82) is 0 Å². The Kier molecular flexibility index (Phi) is 5.15. The van der Waals surface area contributed by atoms with E-state index in [1.54, 1.807) is 41.4 Å². The van der Waals surface area contributed by atoms with Gasteiger partial charge in [0.2, 0.25) is 5.88 Å². The van der Waals surface area contributed by atoms with E-state index in [4.69, 9.17) is 16.3 Å². The van der Waals surface area contributed by atoms with Crippen LogP contribution < -0.4 is 10.1 Å². The molecule has 2 amide bonds. The molecule has 24 heavy (non-hydrogen) atoms. The smallest absolute Gasteiger partial charge is 0.321 e. The number of piperidine rings is 1. The molecule has 126 valence electrons. The first-order valence-corrected chi connectivity index (χ1v) is 8.26. The second-order valence-corrected chi connectivity index (χ2v) is 6.12. The molecule has 1 saturated heterocycles. The predicted octanol–water partition coefficient (Wildman–Crippen LogP) is 3.51. The fourth-order valence-electron chi connectivity index (χ4n) is 2.58. The molecule has 7 heteroatoms. The van der Waals surface area contributed by atoms with E-state index in [0.29, 0.717) is 29.8 Å². The third-order valence-corrected chi connectivity index (χ3v) is 4.11. The number of halogens is 1. The van der Waals surface area contributed by atoms with Crippen LogP contribution in [0.3, 0.4) is 0 Å². The van der Waals surface area contributed by atoms with E-state index in [1.165, 1.54) is 0 Å². The number of benzene rings is 1. The molecule has 3 rings (SSSR count). The molecule has 0 radical (unpaired) electrons. The highest BCUT2D eigenvalue weighted by atomic mass is 35.5. The molecule has 0 aliphatic carbocycles. The summed E-state index contributed by atoms with van der Waals surface area (Å²) in [5, 5.41) is 3.52. The normalized spacial score (nSPS) is 15.2. The minimum absolute atomic E-state index is 0.0684. The number of hydrogen-bond donors (Lipinski definition) is 1. The topological polar surface area (TPSA) is 67.3 Å². The van der Waals surface area contributed by atoms with E-state index in [0.717, 1.165) is 18.5 Å². The van der Waals surface area contributed by atoms with Crippen LogP contribution >= 0.6 is 11.6 Å². The van der Waals surface area contributed by atoms with Crippen molar-refractivity contribution in [3.05, 3.63) is 47.4 Å². The van der Waals surface area contributed by atoms with Gasteiger partial charge in [0.25, 0.3) is 0 Å². The lowest BCUT2D eigenvalue weighted by molar-refractivity contribution is 0.111. The van der Waals surface area contributed by atoms with Gasteiger partial charge in [0.15, 0.2) is 0 Å². The highest BCUT2D eigenvalue weighted by molar-refractivity contribution is 6.30. The van der Waals surface area contributed by atoms with Crippen LogP contribution in [0, 0.1) is 6.92 Å². The average Bonchev–Trinajstić information content (AvgIpc) is 2.57. The molecule has 0 bridgehead atoms. The SMILES string of the molecule is Cc1nccc(OC2CCN(C(=O)Nc3ccc(Cl)cc3)CC2)n1. The van der Waals surface area contributed by atoms with E-state index in [-0.39, 0.29) is 12.1 Å². The zero-order valence-corrected chi connectivity index (χ0v) is 14.2. The van der Waals surface area contributed by atoms with Gasteiger partial charge in [0.1, 0.15) is 11.9 Å². The Hall–Kier alpha value is -2.34. The third kappa shape index (κ3) is 4.35. The molecular formula is C17H19ClN4O2. The summed E-state index contributed by atoms with van der Waals surface area (Å²) in [6.45, 7) is 3.12. The summed E-state index contributed by atoms with van der Waals surface area (Å²) >= 11 is 5.84. The Balaban J connectivity index is 1.49. The van der Waals surface area contributed by atoms with Crippen LogP contribution in [0.5, 0.6) is 5.88 Å². The van der Waals surface area contributed by atoms with E-state index < -0.39 is 0 Å². The summed E-state index contributed by atoms with van der Waals surface area (Å²) in [5.74, 6) is 1.28. The van der Waals surface area contributed by atoms with E-state index in [1.807, 2.05) is 6.92 Å². The minimum atomic E-state index is -0.103. The Bertz CT molecular complexity index is 700. The standard InChI is InChI=1S/C17H19ClN4O2/c1-12-19-9-6-16(20-12)24-15-7-10-22(11-8-15)17(23)21-14-4-2-13(18)3-5-14/h2-6,9,15H,7-8,10-11H2,1H3,(H,21,23). The van der Waals surface area contributed by atoms with Crippen LogP contribution in [-0.2, 0) is 0 Å². The van der Waals surface area contributed by atoms with Gasteiger partial charge in [-0.25, -0.2) is 9.78 Å². The Morgan fingerprint density at radius 2 is 1.96 bits per heavy atom. The van der Waals surface area contributed by atoms with Crippen molar-refractivity contribution in [2.24, 2.45) is 0 Å². The van der Waals surface area contributed by atoms with E-state index in [9.17, 15) is 4.79 Å². The van der Waals surface area contributed by atoms with Crippen LogP contribution in [0.4, 0.5) is 10.5 Å². The van der Waals surface area contributed by atoms with Gasteiger partial charge in [-0.15, -0.1) is 0 Å². The molecule has 1 aromatic heterocycles. The molecule has 0 spiro atoms. The molecule has 1 aliphatic heterocycles. The molecule has 1 aliphatic rings. The number of nitrogens with zero attached hydrogens (tertiary/aromatic N) is 3. The lowest BCUT2D eigenvalue weighted by atomic mass is 10.1. The minimum Gasteiger partial charge on any atom is -0.474 e. The van der Waals surface area contributed by atoms with Crippen LogP contribution in [0.2, 0.25) is 5.02 Å². The monoisotopic (exact) mass is 346 g/mol. The van der Waals surface area contributed by atoms with E-state index >= 15 is 0 Å². The summed E-state index contributed by atoms with van der Waals surface area (Å²) in [6.07, 6.45) is 3.31. The zero-order valence-electron chi connectivity index (χ0n) is 13.4. The molecule has 1 fully saturated rings. The number of anilines is 1. The zero-order chi connectivity index (χ0) is 16.9. The lowest BCUT2D eigenvalue weighted by Gasteiger charge is -2.31. The molecule has 2 aromatic rings. The fourth-order valence-corrected chi connectivity index (χ4v) is 2.71. The van der Waals surface area contributed by atoms with Crippen LogP contribution in [0.15, 0.2) is 36.5 Å². The summed E-state index contributed by atoms with van der Waals surface area (Å²) in [5.41, 5.74) is 0.735. The number of likely N-dealkylation sites (tertiary alicyclic amines) is 1. The summed E-state index contributed by atoms with van der Waals surface area (Å²) in [4.78, 5) is 22.4. The molecule has 2 heterocycles. The van der Waals surface area contributed by atoms with Crippen molar-refractivity contribution in [2.75, 3.05) is 18.4 Å². The van der Waals surface area contributed by atoms with Crippen molar-refractivity contribution in [3.8, 4) is 5.88 Å². The van der Waals surface area contributed by atoms with Gasteiger partial charge in [0.05, 0.1) is 0 Å². The van der Waals surface area contributed by atoms with Gasteiger partial charge >= 0.3 is 6.03 Å². The first kappa shape index (κ1) is 16.5. The van der Waals surface area contributed by atoms with Gasteiger partial charge in [0, 0.05) is 48.9 Å². The van der Waals surface area contributed by atoms with Gasteiger partial charge in [-0.3, -0.25) is 0 Å². The Morgan fingerprint density at radius 1 is 1.25 bits per heavy atom. The van der Waals surface area contributed by atoms with E-state index in [2.05, 4.69) is 15.3 Å². The van der Waals surface area contributed by atoms with Gasteiger partial charge in [-0.05, 0) is 31.2 Å². The number of ether oxygens (including phenoxy) is 1. The lowest BCUT2D eigenvalue weighted by Crippen LogP contribution is -2.43. The first-order chi connectivity index (χ1) is 11.6. The maximum absolute atomic E-state index is 12.3. The molecule has 0 unspecified atom stereocenters. The fraction of sp³-hybridized carbons (Fsp3) is 0.353. The number of amides is 2. The third-order valence-electron chi connectivity index (χ3n) is 3.86. The van der Waals surface area contributed by atoms with Crippen molar-refractivity contribution in [2.45, 2.75) is 25.9 Å². The quantitative estimate of drug-likeness (QED) is 0.923. The first-order valence-electron chi connectivity index (χ1n) is 7.88. The number of nitrogens with one attached hydrogen (secondary N) is 1. The highest BCUT2D eigenvalue weighted by Gasteiger charge is 2.24. The predicted molar refractivity (Wildman–Crippen MR) is 92.5 cm³/mol. The van der Waals surface area contributed by atoms with Gasteiger partial charge in [-0.2, -0.15) is 4.98 Å². The second kappa shape index (κ2) is 7.49.